The van der Waals surface area contributed by atoms with Crippen LogP contribution < -0.4 is 5.32 Å². The third-order valence-corrected chi connectivity index (χ3v) is 6.33. The molecular formula is C25H34N4O2S. The number of amides is 2. The number of hydrogen-bond acceptors (Lipinski definition) is 5. The van der Waals surface area contributed by atoms with Crippen LogP contribution in [0.25, 0.3) is 0 Å². The summed E-state index contributed by atoms with van der Waals surface area (Å²) in [5, 5.41) is 2.75. The molecule has 172 valence electrons. The zero-order valence-electron chi connectivity index (χ0n) is 19.5. The molecule has 0 radical (unpaired) electrons. The molecule has 1 aromatic rings. The molecule has 0 aliphatic carbocycles. The Bertz CT molecular complexity index is 890. The molecule has 0 fully saturated rings. The fourth-order valence-corrected chi connectivity index (χ4v) is 4.70. The van der Waals surface area contributed by atoms with Gasteiger partial charge in [-0.05, 0) is 43.0 Å². The van der Waals surface area contributed by atoms with Crippen molar-refractivity contribution in [3.8, 4) is 0 Å². The first kappa shape index (κ1) is 25.6. The van der Waals surface area contributed by atoms with Crippen LogP contribution in [0.4, 0.5) is 0 Å². The van der Waals surface area contributed by atoms with E-state index >= 15 is 0 Å². The van der Waals surface area contributed by atoms with E-state index in [-0.39, 0.29) is 22.9 Å². The maximum absolute atomic E-state index is 13.0. The predicted molar refractivity (Wildman–Crippen MR) is 133 cm³/mol. The fourth-order valence-electron chi connectivity index (χ4n) is 3.47. The Kier molecular flexibility index (Phi) is 10.9. The van der Waals surface area contributed by atoms with Crippen LogP contribution in [0.3, 0.4) is 0 Å². The molecular weight excluding hydrogens is 420 g/mol. The Morgan fingerprint density at radius 2 is 2.12 bits per heavy atom. The van der Waals surface area contributed by atoms with Gasteiger partial charge in [-0.3, -0.25) is 14.6 Å². The van der Waals surface area contributed by atoms with Crippen LogP contribution in [-0.4, -0.2) is 38.7 Å². The van der Waals surface area contributed by atoms with E-state index in [1.165, 1.54) is 11.8 Å². The monoisotopic (exact) mass is 454 g/mol. The van der Waals surface area contributed by atoms with Gasteiger partial charge in [0.1, 0.15) is 11.2 Å². The Morgan fingerprint density at radius 3 is 2.84 bits per heavy atom. The van der Waals surface area contributed by atoms with E-state index < -0.39 is 0 Å². The van der Waals surface area contributed by atoms with Gasteiger partial charge in [0.15, 0.2) is 0 Å². The summed E-state index contributed by atoms with van der Waals surface area (Å²) in [5.41, 5.74) is 2.94. The van der Waals surface area contributed by atoms with Crippen molar-refractivity contribution in [1.82, 2.24) is 15.2 Å². The maximum Gasteiger partial charge on any atom is 0.251 e. The van der Waals surface area contributed by atoms with E-state index in [9.17, 15) is 9.59 Å². The number of aliphatic imine (C=N–C) groups is 1. The summed E-state index contributed by atoms with van der Waals surface area (Å²) in [7, 11) is 0. The van der Waals surface area contributed by atoms with Crippen molar-refractivity contribution in [2.24, 2.45) is 4.99 Å². The second-order valence-electron chi connectivity index (χ2n) is 7.31. The summed E-state index contributed by atoms with van der Waals surface area (Å²) in [4.78, 5) is 35.8. The van der Waals surface area contributed by atoms with Gasteiger partial charge < -0.3 is 10.2 Å². The Labute approximate surface area is 196 Å². The highest BCUT2D eigenvalue weighted by Gasteiger charge is 2.37. The topological polar surface area (TPSA) is 74.7 Å². The molecule has 3 rings (SSSR count). The molecule has 3 heterocycles. The van der Waals surface area contributed by atoms with E-state index in [1.807, 2.05) is 56.0 Å². The van der Waals surface area contributed by atoms with Gasteiger partial charge in [-0.15, -0.1) is 11.8 Å². The van der Waals surface area contributed by atoms with E-state index in [0.717, 1.165) is 36.0 Å². The first-order valence-corrected chi connectivity index (χ1v) is 12.3. The van der Waals surface area contributed by atoms with Crippen LogP contribution in [0, 0.1) is 0 Å². The summed E-state index contributed by atoms with van der Waals surface area (Å²) in [6.45, 7) is 8.54. The first-order valence-electron chi connectivity index (χ1n) is 11.3. The van der Waals surface area contributed by atoms with Crippen LogP contribution >= 0.6 is 11.8 Å². The number of nitrogens with zero attached hydrogens (tertiary/aromatic N) is 3. The average Bonchev–Trinajstić information content (AvgIpc) is 2.99. The lowest BCUT2D eigenvalue weighted by Crippen LogP contribution is -2.36. The van der Waals surface area contributed by atoms with Gasteiger partial charge in [-0.1, -0.05) is 45.4 Å². The van der Waals surface area contributed by atoms with Gasteiger partial charge in [-0.2, -0.15) is 0 Å². The lowest BCUT2D eigenvalue weighted by molar-refractivity contribution is -0.126. The molecule has 2 aliphatic rings. The Balaban J connectivity index is 0.00000176. The minimum Gasteiger partial charge on any atom is -0.319 e. The number of aromatic nitrogens is 1. The molecule has 0 saturated heterocycles. The minimum absolute atomic E-state index is 0.0475. The van der Waals surface area contributed by atoms with Gasteiger partial charge in [0.25, 0.3) is 5.91 Å². The number of rotatable bonds is 8. The highest BCUT2D eigenvalue weighted by atomic mass is 32.2. The van der Waals surface area contributed by atoms with Crippen molar-refractivity contribution in [3.05, 3.63) is 65.7 Å². The summed E-state index contributed by atoms with van der Waals surface area (Å²) in [6, 6.07) is 3.85. The van der Waals surface area contributed by atoms with E-state index in [2.05, 4.69) is 22.2 Å². The average molecular weight is 455 g/mol. The van der Waals surface area contributed by atoms with Crippen LogP contribution in [0.1, 0.15) is 58.9 Å². The third kappa shape index (κ3) is 7.19. The molecule has 2 aliphatic heterocycles. The summed E-state index contributed by atoms with van der Waals surface area (Å²) < 4.78 is 0. The quantitative estimate of drug-likeness (QED) is 0.599. The van der Waals surface area contributed by atoms with Crippen molar-refractivity contribution >= 4 is 29.4 Å². The van der Waals surface area contributed by atoms with E-state index in [1.54, 1.807) is 18.6 Å². The number of hydrogen-bond donors (Lipinski definition) is 1. The van der Waals surface area contributed by atoms with Gasteiger partial charge in [0.2, 0.25) is 5.91 Å². The maximum atomic E-state index is 13.0. The van der Waals surface area contributed by atoms with Gasteiger partial charge in [0.05, 0.1) is 5.75 Å². The molecule has 1 atom stereocenters. The zero-order chi connectivity index (χ0) is 23.3. The molecule has 0 spiro atoms. The molecule has 2 amide bonds. The molecule has 6 nitrogen and oxygen atoms in total. The molecule has 0 saturated carbocycles. The van der Waals surface area contributed by atoms with Crippen molar-refractivity contribution in [2.75, 3.05) is 5.75 Å². The molecule has 1 N–H and O–H groups in total. The van der Waals surface area contributed by atoms with Crippen molar-refractivity contribution in [2.45, 2.75) is 65.3 Å². The van der Waals surface area contributed by atoms with Crippen molar-refractivity contribution in [3.63, 3.8) is 0 Å². The molecule has 0 bridgehead atoms. The normalized spacial score (nSPS) is 17.6. The number of nitrogens with one attached hydrogen (secondary N) is 1. The van der Waals surface area contributed by atoms with Crippen LogP contribution in [0.2, 0.25) is 0 Å². The smallest absolute Gasteiger partial charge is 0.251 e. The summed E-state index contributed by atoms with van der Waals surface area (Å²) in [5.74, 6) is 0.844. The third-order valence-electron chi connectivity index (χ3n) is 5.05. The number of pyridine rings is 1. The number of thioether (sulfide) groups is 1. The SMILES string of the molecule is CC.CCCCC1=C(C)C(=O)N(Cc2cccnc2)C1SCC(=O)NC1=NC=CC=CC1. The number of unbranched alkanes of at least 4 members (excludes halogenated alkanes) is 1. The summed E-state index contributed by atoms with van der Waals surface area (Å²) >= 11 is 1.50. The first-order chi connectivity index (χ1) is 15.6. The van der Waals surface area contributed by atoms with Crippen LogP contribution in [0.5, 0.6) is 0 Å². The molecule has 1 unspecified atom stereocenters. The highest BCUT2D eigenvalue weighted by molar-refractivity contribution is 8.00. The van der Waals surface area contributed by atoms with E-state index in [0.29, 0.717) is 18.8 Å². The largest absolute Gasteiger partial charge is 0.319 e. The Morgan fingerprint density at radius 1 is 1.31 bits per heavy atom. The fraction of sp³-hybridized carbons (Fsp3) is 0.440. The second-order valence-corrected chi connectivity index (χ2v) is 8.38. The van der Waals surface area contributed by atoms with Crippen molar-refractivity contribution < 1.29 is 9.59 Å². The second kappa shape index (κ2) is 13.7. The van der Waals surface area contributed by atoms with Crippen LogP contribution in [0.15, 0.2) is 65.1 Å². The van der Waals surface area contributed by atoms with Gasteiger partial charge >= 0.3 is 0 Å². The lowest BCUT2D eigenvalue weighted by Gasteiger charge is -2.27. The number of allylic oxidation sites excluding steroid dienone is 2. The number of carbonyl (C=O) groups excluding carboxylic acids is 2. The molecule has 7 heteroatoms. The standard InChI is InChI=1S/C23H28N4O2S.C2H6/c1-3-4-10-19-17(2)22(29)27(15-18-9-8-12-24-14-18)23(19)30-16-21(28)26-20-11-6-5-7-13-25-20;1-2/h5-9,12-14,23H,3-4,10-11,15-16H2,1-2H3,(H,25,26,28);1-2H3. The number of amidine groups is 1. The number of carbonyl (C=O) groups is 2. The lowest BCUT2D eigenvalue weighted by atomic mass is 10.1. The molecule has 1 aromatic heterocycles. The molecule has 32 heavy (non-hydrogen) atoms. The molecule has 0 aromatic carbocycles. The Hall–Kier alpha value is -2.67. The zero-order valence-corrected chi connectivity index (χ0v) is 20.3. The van der Waals surface area contributed by atoms with Crippen molar-refractivity contribution in [1.29, 1.82) is 0 Å². The van der Waals surface area contributed by atoms with Gasteiger partial charge in [0, 0.05) is 37.1 Å². The minimum atomic E-state index is -0.133. The predicted octanol–water partition coefficient (Wildman–Crippen LogP) is 5.00. The van der Waals surface area contributed by atoms with E-state index in [4.69, 9.17) is 0 Å². The van der Waals surface area contributed by atoms with Crippen LogP contribution in [-0.2, 0) is 16.1 Å². The highest BCUT2D eigenvalue weighted by Crippen LogP contribution is 2.37. The summed E-state index contributed by atoms with van der Waals surface area (Å²) in [6.07, 6.45) is 14.4. The van der Waals surface area contributed by atoms with Gasteiger partial charge in [-0.25, -0.2) is 4.99 Å².